The van der Waals surface area contributed by atoms with Crippen molar-refractivity contribution in [2.24, 2.45) is 17.8 Å². The summed E-state index contributed by atoms with van der Waals surface area (Å²) in [4.78, 5) is 11.3. The van der Waals surface area contributed by atoms with E-state index in [9.17, 15) is 9.90 Å². The second-order valence-corrected chi connectivity index (χ2v) is 4.40. The van der Waals surface area contributed by atoms with Crippen LogP contribution in [0, 0.1) is 17.8 Å². The molecule has 0 spiro atoms. The number of hydrogen-bond acceptors (Lipinski definition) is 3. The van der Waals surface area contributed by atoms with Gasteiger partial charge in [0.05, 0.1) is 12.0 Å². The van der Waals surface area contributed by atoms with Crippen molar-refractivity contribution in [1.29, 1.82) is 0 Å². The third-order valence-corrected chi connectivity index (χ3v) is 3.56. The van der Waals surface area contributed by atoms with Crippen LogP contribution in [0.25, 0.3) is 0 Å². The summed E-state index contributed by atoms with van der Waals surface area (Å²) in [6.45, 7) is 3.91. The second-order valence-electron chi connectivity index (χ2n) is 4.40. The molecule has 3 nitrogen and oxygen atoms in total. The van der Waals surface area contributed by atoms with E-state index in [0.29, 0.717) is 0 Å². The van der Waals surface area contributed by atoms with E-state index in [1.165, 1.54) is 0 Å². The van der Waals surface area contributed by atoms with Gasteiger partial charge in [0.1, 0.15) is 6.10 Å². The quantitative estimate of drug-likeness (QED) is 0.570. The van der Waals surface area contributed by atoms with Crippen LogP contribution in [0.15, 0.2) is 0 Å². The Labute approximate surface area is 78.1 Å². The lowest BCUT2D eigenvalue weighted by Crippen LogP contribution is -2.41. The van der Waals surface area contributed by atoms with Crippen LogP contribution in [0.3, 0.4) is 0 Å². The number of carbonyl (C=O) groups excluding carboxylic acids is 1. The number of carbonyl (C=O) groups is 1. The minimum atomic E-state index is -0.451. The van der Waals surface area contributed by atoms with Crippen molar-refractivity contribution >= 4 is 5.97 Å². The van der Waals surface area contributed by atoms with Crippen molar-refractivity contribution in [2.45, 2.75) is 38.9 Å². The molecule has 0 aromatic rings. The third-order valence-electron chi connectivity index (χ3n) is 3.56. The summed E-state index contributed by atoms with van der Waals surface area (Å²) in [7, 11) is 0. The van der Waals surface area contributed by atoms with Crippen molar-refractivity contribution in [3.8, 4) is 0 Å². The van der Waals surface area contributed by atoms with Gasteiger partial charge in [-0.1, -0.05) is 13.8 Å². The normalized spacial score (nSPS) is 50.1. The van der Waals surface area contributed by atoms with Crippen LogP contribution in [0.2, 0.25) is 0 Å². The molecule has 2 rings (SSSR count). The molecule has 0 aromatic carbocycles. The van der Waals surface area contributed by atoms with Crippen molar-refractivity contribution < 1.29 is 14.6 Å². The molecule has 74 valence electrons. The molecule has 1 heterocycles. The minimum absolute atomic E-state index is 0.0212. The lowest BCUT2D eigenvalue weighted by atomic mass is 9.75. The SMILES string of the molecule is CC1CCC2C(C)C(=O)OC2C1O. The molecule has 5 unspecified atom stereocenters. The maximum Gasteiger partial charge on any atom is 0.309 e. The molecule has 0 bridgehead atoms. The Bertz CT molecular complexity index is 226. The van der Waals surface area contributed by atoms with E-state index in [-0.39, 0.29) is 29.8 Å². The molecule has 1 saturated heterocycles. The number of rotatable bonds is 0. The van der Waals surface area contributed by atoms with Gasteiger partial charge in [-0.2, -0.15) is 0 Å². The summed E-state index contributed by atoms with van der Waals surface area (Å²) in [6.07, 6.45) is 1.33. The molecule has 3 heteroatoms. The molecule has 1 N–H and O–H groups in total. The molecule has 1 aliphatic heterocycles. The first kappa shape index (κ1) is 9.00. The topological polar surface area (TPSA) is 46.5 Å². The minimum Gasteiger partial charge on any atom is -0.459 e. The Kier molecular flexibility index (Phi) is 2.06. The smallest absolute Gasteiger partial charge is 0.309 e. The van der Waals surface area contributed by atoms with E-state index in [1.54, 1.807) is 0 Å². The Morgan fingerprint density at radius 3 is 2.77 bits per heavy atom. The predicted molar refractivity (Wildman–Crippen MR) is 46.9 cm³/mol. The van der Waals surface area contributed by atoms with Crippen molar-refractivity contribution in [1.82, 2.24) is 0 Å². The monoisotopic (exact) mass is 184 g/mol. The summed E-state index contributed by atoms with van der Waals surface area (Å²) in [5.74, 6) is 0.355. The van der Waals surface area contributed by atoms with Crippen LogP contribution in [-0.4, -0.2) is 23.3 Å². The zero-order valence-corrected chi connectivity index (χ0v) is 8.06. The number of aliphatic hydroxyl groups excluding tert-OH is 1. The fourth-order valence-corrected chi connectivity index (χ4v) is 2.48. The van der Waals surface area contributed by atoms with Gasteiger partial charge >= 0.3 is 5.97 Å². The Hall–Kier alpha value is -0.570. The maximum atomic E-state index is 11.3. The molecule has 5 atom stereocenters. The van der Waals surface area contributed by atoms with Gasteiger partial charge in [0, 0.05) is 5.92 Å². The summed E-state index contributed by atoms with van der Waals surface area (Å²) in [6, 6.07) is 0. The molecule has 0 amide bonds. The number of ether oxygens (including phenoxy) is 1. The standard InChI is InChI=1S/C10H16O3/c1-5-3-4-7-6(2)10(12)13-9(7)8(5)11/h5-9,11H,3-4H2,1-2H3. The van der Waals surface area contributed by atoms with Crippen LogP contribution in [-0.2, 0) is 9.53 Å². The molecule has 2 aliphatic rings. The van der Waals surface area contributed by atoms with Crippen molar-refractivity contribution in [2.75, 3.05) is 0 Å². The average molecular weight is 184 g/mol. The second kappa shape index (κ2) is 2.98. The van der Waals surface area contributed by atoms with E-state index < -0.39 is 6.10 Å². The highest BCUT2D eigenvalue weighted by Gasteiger charge is 2.48. The summed E-state index contributed by atoms with van der Waals surface area (Å²) < 4.78 is 5.17. The fraction of sp³-hybridized carbons (Fsp3) is 0.900. The van der Waals surface area contributed by atoms with Gasteiger partial charge in [-0.05, 0) is 18.8 Å². The van der Waals surface area contributed by atoms with Gasteiger partial charge in [-0.3, -0.25) is 4.79 Å². The highest BCUT2D eigenvalue weighted by Crippen LogP contribution is 2.40. The van der Waals surface area contributed by atoms with Gasteiger partial charge in [-0.25, -0.2) is 0 Å². The molecular formula is C10H16O3. The van der Waals surface area contributed by atoms with Gasteiger partial charge in [0.15, 0.2) is 0 Å². The van der Waals surface area contributed by atoms with Gasteiger partial charge in [0.2, 0.25) is 0 Å². The summed E-state index contributed by atoms with van der Waals surface area (Å²) >= 11 is 0. The summed E-state index contributed by atoms with van der Waals surface area (Å²) in [5, 5.41) is 9.81. The molecule has 2 fully saturated rings. The highest BCUT2D eigenvalue weighted by molar-refractivity contribution is 5.75. The number of aliphatic hydroxyl groups is 1. The molecule has 0 aromatic heterocycles. The van der Waals surface area contributed by atoms with Gasteiger partial charge < -0.3 is 9.84 Å². The van der Waals surface area contributed by atoms with E-state index in [2.05, 4.69) is 0 Å². The first-order chi connectivity index (χ1) is 6.11. The maximum absolute atomic E-state index is 11.3. The summed E-state index contributed by atoms with van der Waals surface area (Å²) in [5.41, 5.74) is 0. The van der Waals surface area contributed by atoms with E-state index in [0.717, 1.165) is 12.8 Å². The molecule has 1 saturated carbocycles. The lowest BCUT2D eigenvalue weighted by molar-refractivity contribution is -0.150. The third kappa shape index (κ3) is 1.26. The van der Waals surface area contributed by atoms with Crippen LogP contribution < -0.4 is 0 Å². The molecule has 1 aliphatic carbocycles. The Morgan fingerprint density at radius 1 is 1.38 bits per heavy atom. The lowest BCUT2D eigenvalue weighted by Gasteiger charge is -2.33. The first-order valence-corrected chi connectivity index (χ1v) is 5.00. The number of esters is 1. The van der Waals surface area contributed by atoms with Crippen LogP contribution in [0.4, 0.5) is 0 Å². The van der Waals surface area contributed by atoms with Crippen LogP contribution >= 0.6 is 0 Å². The largest absolute Gasteiger partial charge is 0.459 e. The molecule has 0 radical (unpaired) electrons. The zero-order chi connectivity index (χ0) is 9.59. The Balaban J connectivity index is 2.17. The zero-order valence-electron chi connectivity index (χ0n) is 8.06. The molecular weight excluding hydrogens is 168 g/mol. The number of fused-ring (bicyclic) bond motifs is 1. The number of hydrogen-bond donors (Lipinski definition) is 1. The Morgan fingerprint density at radius 2 is 2.08 bits per heavy atom. The van der Waals surface area contributed by atoms with E-state index in [4.69, 9.17) is 4.74 Å². The van der Waals surface area contributed by atoms with Gasteiger partial charge in [0.25, 0.3) is 0 Å². The molecule has 13 heavy (non-hydrogen) atoms. The van der Waals surface area contributed by atoms with E-state index >= 15 is 0 Å². The van der Waals surface area contributed by atoms with Gasteiger partial charge in [-0.15, -0.1) is 0 Å². The van der Waals surface area contributed by atoms with E-state index in [1.807, 2.05) is 13.8 Å². The fourth-order valence-electron chi connectivity index (χ4n) is 2.48. The average Bonchev–Trinajstić information content (AvgIpc) is 2.38. The highest BCUT2D eigenvalue weighted by atomic mass is 16.6. The van der Waals surface area contributed by atoms with Crippen molar-refractivity contribution in [3.63, 3.8) is 0 Å². The van der Waals surface area contributed by atoms with Crippen LogP contribution in [0.1, 0.15) is 26.7 Å². The first-order valence-electron chi connectivity index (χ1n) is 5.00. The van der Waals surface area contributed by atoms with Crippen LogP contribution in [0.5, 0.6) is 0 Å². The predicted octanol–water partition coefficient (Wildman–Crippen LogP) is 0.955. The van der Waals surface area contributed by atoms with Crippen molar-refractivity contribution in [3.05, 3.63) is 0 Å².